The van der Waals surface area contributed by atoms with Gasteiger partial charge in [0.15, 0.2) is 28.4 Å². The van der Waals surface area contributed by atoms with Gasteiger partial charge in [0.1, 0.15) is 12.4 Å². The molecule has 0 radical (unpaired) electrons. The third kappa shape index (κ3) is 14.5. The van der Waals surface area contributed by atoms with Gasteiger partial charge in [-0.1, -0.05) is 54.1 Å². The number of nitrogens with one attached hydrogen (secondary N) is 2. The van der Waals surface area contributed by atoms with Gasteiger partial charge < -0.3 is 43.4 Å². The first-order valence-electron chi connectivity index (χ1n) is 13.9. The highest BCUT2D eigenvalue weighted by Crippen LogP contribution is 2.18. The van der Waals surface area contributed by atoms with Gasteiger partial charge in [0, 0.05) is 13.1 Å². The third-order valence-electron chi connectivity index (χ3n) is 6.01. The van der Waals surface area contributed by atoms with Crippen LogP contribution in [0.5, 0.6) is 5.75 Å². The number of alkyl halides is 3. The maximum Gasteiger partial charge on any atom is 0.490 e. The van der Waals surface area contributed by atoms with Crippen LogP contribution in [0, 0.1) is 0 Å². The molecule has 0 aliphatic rings. The SMILES string of the molecule is NC(N)=N[C@@H](CCCCNC(=O)Cc1ccc(OCc2ccccc2)cc1)CNC(=O)c1nc(Cl)c(N)nc1N.O=C(O)C(F)(F)F. The molecule has 0 spiro atoms. The summed E-state index contributed by atoms with van der Waals surface area (Å²) in [5, 5.41) is 12.6. The molecule has 2 aromatic carbocycles. The first kappa shape index (κ1) is 37.9. The van der Waals surface area contributed by atoms with Crippen LogP contribution in [0.25, 0.3) is 0 Å². The zero-order chi connectivity index (χ0) is 35.0. The summed E-state index contributed by atoms with van der Waals surface area (Å²) in [7, 11) is 0. The smallest absolute Gasteiger partial charge is 0.489 e. The Hall–Kier alpha value is -5.32. The highest BCUT2D eigenvalue weighted by molar-refractivity contribution is 6.31. The summed E-state index contributed by atoms with van der Waals surface area (Å²) in [5.74, 6) is -2.97. The fraction of sp³-hybridized carbons (Fsp3) is 0.310. The number of aliphatic carboxylic acids is 1. The minimum atomic E-state index is -5.08. The van der Waals surface area contributed by atoms with Crippen molar-refractivity contribution in [1.82, 2.24) is 20.6 Å². The number of unbranched alkanes of at least 4 members (excludes halogenated alkanes) is 1. The summed E-state index contributed by atoms with van der Waals surface area (Å²) in [6.45, 7) is 1.11. The molecule has 0 saturated heterocycles. The second-order valence-corrected chi connectivity index (χ2v) is 10.2. The van der Waals surface area contributed by atoms with Crippen LogP contribution in [0.3, 0.4) is 0 Å². The van der Waals surface area contributed by atoms with Crippen molar-refractivity contribution in [3.05, 3.63) is 76.6 Å². The lowest BCUT2D eigenvalue weighted by Gasteiger charge is -2.14. The van der Waals surface area contributed by atoms with Crippen molar-refractivity contribution in [3.8, 4) is 5.75 Å². The number of aromatic nitrogens is 2. The van der Waals surface area contributed by atoms with Crippen LogP contribution in [0.4, 0.5) is 24.8 Å². The highest BCUT2D eigenvalue weighted by atomic mass is 35.5. The van der Waals surface area contributed by atoms with Gasteiger partial charge in [-0.15, -0.1) is 0 Å². The van der Waals surface area contributed by atoms with Crippen LogP contribution >= 0.6 is 11.6 Å². The fourth-order valence-corrected chi connectivity index (χ4v) is 3.88. The number of halogens is 4. The number of hydrogen-bond donors (Lipinski definition) is 7. The summed E-state index contributed by atoms with van der Waals surface area (Å²) in [6.07, 6.45) is -2.83. The molecule has 1 atom stereocenters. The number of ether oxygens (including phenoxy) is 1. The number of anilines is 2. The maximum absolute atomic E-state index is 12.5. The lowest BCUT2D eigenvalue weighted by molar-refractivity contribution is -0.192. The summed E-state index contributed by atoms with van der Waals surface area (Å²) in [4.78, 5) is 45.6. The van der Waals surface area contributed by atoms with Gasteiger partial charge in [0.05, 0.1) is 12.5 Å². The average molecular weight is 682 g/mol. The van der Waals surface area contributed by atoms with Gasteiger partial charge in [-0.05, 0) is 42.5 Å². The Bertz CT molecular complexity index is 1510. The Morgan fingerprint density at radius 1 is 0.936 bits per heavy atom. The molecule has 47 heavy (non-hydrogen) atoms. The number of nitrogen functional groups attached to an aromatic ring is 2. The quantitative estimate of drug-likeness (QED) is 0.0739. The number of aliphatic imine (C=N–C) groups is 1. The van der Waals surface area contributed by atoms with Crippen LogP contribution in [0.15, 0.2) is 59.6 Å². The number of carboxylic acid groups (broad SMARTS) is 1. The molecule has 3 aromatic rings. The molecular formula is C29H35ClF3N9O5. The molecule has 1 aromatic heterocycles. The number of nitrogens with zero attached hydrogens (tertiary/aromatic N) is 3. The standard InChI is InChI=1S/C27H34ClN9O3.C2HF3O2/c28-23-25(30)37-24(29)22(36-23)26(39)34-15-19(35-27(31)32)8-4-5-13-33-21(38)14-17-9-11-20(12-10-17)40-16-18-6-2-1-3-7-18;3-2(4,5)1(6)7/h1-3,6-7,9-12,19H,4-5,8,13-16H2,(H,33,38)(H,34,39)(H4,29,30,37)(H4,31,32,35);(H,6,7)/t19-;/m0./s1. The first-order valence-corrected chi connectivity index (χ1v) is 14.3. The van der Waals surface area contributed by atoms with E-state index in [-0.39, 0.29) is 53.4 Å². The number of carbonyl (C=O) groups is 3. The Balaban J connectivity index is 0.000000984. The van der Waals surface area contributed by atoms with Crippen molar-refractivity contribution in [2.75, 3.05) is 24.6 Å². The number of guanidine groups is 1. The van der Waals surface area contributed by atoms with Gasteiger partial charge in [-0.25, -0.2) is 19.8 Å². The molecule has 0 unspecified atom stereocenters. The van der Waals surface area contributed by atoms with E-state index in [0.717, 1.165) is 16.9 Å². The van der Waals surface area contributed by atoms with E-state index in [1.165, 1.54) is 0 Å². The van der Waals surface area contributed by atoms with Gasteiger partial charge in [0.2, 0.25) is 5.91 Å². The van der Waals surface area contributed by atoms with Crippen molar-refractivity contribution in [2.24, 2.45) is 16.5 Å². The molecule has 3 rings (SSSR count). The first-order chi connectivity index (χ1) is 22.1. The van der Waals surface area contributed by atoms with E-state index in [1.54, 1.807) is 0 Å². The van der Waals surface area contributed by atoms with Gasteiger partial charge >= 0.3 is 12.1 Å². The normalized spacial score (nSPS) is 11.3. The number of carboxylic acids is 1. The molecule has 14 nitrogen and oxygen atoms in total. The van der Waals surface area contributed by atoms with E-state index in [4.69, 9.17) is 49.2 Å². The number of benzene rings is 2. The summed E-state index contributed by atoms with van der Waals surface area (Å²) in [5.41, 5.74) is 24.2. The van der Waals surface area contributed by atoms with E-state index in [2.05, 4.69) is 25.6 Å². The molecule has 254 valence electrons. The summed E-state index contributed by atoms with van der Waals surface area (Å²) < 4.78 is 37.5. The summed E-state index contributed by atoms with van der Waals surface area (Å²) >= 11 is 5.84. The van der Waals surface area contributed by atoms with Crippen LogP contribution in [0.2, 0.25) is 5.15 Å². The zero-order valence-corrected chi connectivity index (χ0v) is 25.7. The second-order valence-electron chi connectivity index (χ2n) is 9.79. The van der Waals surface area contributed by atoms with Crippen LogP contribution in [-0.4, -0.2) is 64.1 Å². The molecule has 0 bridgehead atoms. The predicted octanol–water partition coefficient (Wildman–Crippen LogP) is 2.41. The topological polar surface area (TPSA) is 247 Å². The van der Waals surface area contributed by atoms with Crippen molar-refractivity contribution in [3.63, 3.8) is 0 Å². The van der Waals surface area contributed by atoms with Crippen molar-refractivity contribution >= 4 is 47.0 Å². The monoisotopic (exact) mass is 681 g/mol. The lowest BCUT2D eigenvalue weighted by atomic mass is 10.1. The molecule has 0 fully saturated rings. The van der Waals surface area contributed by atoms with Gasteiger partial charge in [0.25, 0.3) is 5.91 Å². The van der Waals surface area contributed by atoms with Gasteiger partial charge in [-0.3, -0.25) is 9.59 Å². The second kappa shape index (κ2) is 18.6. The molecule has 18 heteroatoms. The van der Waals surface area contributed by atoms with E-state index in [0.29, 0.717) is 32.4 Å². The zero-order valence-electron chi connectivity index (χ0n) is 25.0. The fourth-order valence-electron chi connectivity index (χ4n) is 3.75. The van der Waals surface area contributed by atoms with Gasteiger partial charge in [-0.2, -0.15) is 13.2 Å². The molecule has 11 N–H and O–H groups in total. The maximum atomic E-state index is 12.5. The predicted molar refractivity (Wildman–Crippen MR) is 169 cm³/mol. The highest BCUT2D eigenvalue weighted by Gasteiger charge is 2.38. The lowest BCUT2D eigenvalue weighted by Crippen LogP contribution is -2.35. The molecule has 0 aliphatic carbocycles. The van der Waals surface area contributed by atoms with E-state index >= 15 is 0 Å². The van der Waals surface area contributed by atoms with Crippen molar-refractivity contribution in [1.29, 1.82) is 0 Å². The largest absolute Gasteiger partial charge is 0.490 e. The number of amides is 2. The number of hydrogen-bond acceptors (Lipinski definition) is 9. The van der Waals surface area contributed by atoms with Crippen LogP contribution < -0.4 is 38.3 Å². The third-order valence-corrected chi connectivity index (χ3v) is 6.29. The molecule has 1 heterocycles. The molecule has 0 aliphatic heterocycles. The molecule has 0 saturated carbocycles. The van der Waals surface area contributed by atoms with E-state index in [9.17, 15) is 22.8 Å². The minimum Gasteiger partial charge on any atom is -0.489 e. The molecular weight excluding hydrogens is 647 g/mol. The van der Waals surface area contributed by atoms with Crippen LogP contribution in [0.1, 0.15) is 40.9 Å². The minimum absolute atomic E-state index is 0.0665. The Labute approximate surface area is 272 Å². The number of rotatable bonds is 14. The Morgan fingerprint density at radius 3 is 2.17 bits per heavy atom. The average Bonchev–Trinajstić information content (AvgIpc) is 3.01. The number of carbonyl (C=O) groups excluding carboxylic acids is 2. The van der Waals surface area contributed by atoms with E-state index < -0.39 is 18.1 Å². The van der Waals surface area contributed by atoms with Crippen LogP contribution in [-0.2, 0) is 22.6 Å². The van der Waals surface area contributed by atoms with E-state index in [1.807, 2.05) is 54.6 Å². The Kier molecular flexibility index (Phi) is 15.0. The summed E-state index contributed by atoms with van der Waals surface area (Å²) in [6, 6.07) is 17.0. The van der Waals surface area contributed by atoms with Crippen molar-refractivity contribution in [2.45, 2.75) is 44.5 Å². The van der Waals surface area contributed by atoms with Crippen molar-refractivity contribution < 1.29 is 37.4 Å². The Morgan fingerprint density at radius 2 is 1.57 bits per heavy atom. The molecule has 2 amide bonds. The number of nitrogens with two attached hydrogens (primary N) is 4.